The summed E-state index contributed by atoms with van der Waals surface area (Å²) in [6, 6.07) is 3.16. The van der Waals surface area contributed by atoms with Gasteiger partial charge >= 0.3 is 5.97 Å². The molecule has 0 aliphatic heterocycles. The highest BCUT2D eigenvalue weighted by atomic mass is 16.5. The van der Waals surface area contributed by atoms with E-state index in [0.717, 1.165) is 18.4 Å². The molecular formula is C13H17NO3. The summed E-state index contributed by atoms with van der Waals surface area (Å²) in [7, 11) is 1.57. The number of anilines is 1. The van der Waals surface area contributed by atoms with Crippen molar-refractivity contribution in [2.45, 2.75) is 31.6 Å². The number of benzene rings is 1. The minimum Gasteiger partial charge on any atom is -0.494 e. The molecule has 1 aromatic carbocycles. The Morgan fingerprint density at radius 2 is 2.06 bits per heavy atom. The van der Waals surface area contributed by atoms with E-state index in [2.05, 4.69) is 0 Å². The minimum absolute atomic E-state index is 0.241. The lowest BCUT2D eigenvalue weighted by Gasteiger charge is -2.17. The second-order valence-electron chi connectivity index (χ2n) is 4.47. The molecule has 0 aromatic heterocycles. The van der Waals surface area contributed by atoms with Gasteiger partial charge in [0.1, 0.15) is 5.75 Å². The second kappa shape index (κ2) is 4.65. The van der Waals surface area contributed by atoms with Crippen LogP contribution in [0.2, 0.25) is 0 Å². The van der Waals surface area contributed by atoms with Crippen molar-refractivity contribution in [1.82, 2.24) is 0 Å². The van der Waals surface area contributed by atoms with Gasteiger partial charge in [0.15, 0.2) is 0 Å². The van der Waals surface area contributed by atoms with Crippen LogP contribution in [0.3, 0.4) is 0 Å². The van der Waals surface area contributed by atoms with Crippen molar-refractivity contribution in [3.8, 4) is 5.75 Å². The zero-order valence-corrected chi connectivity index (χ0v) is 9.90. The molecule has 0 bridgehead atoms. The topological polar surface area (TPSA) is 72.5 Å². The maximum absolute atomic E-state index is 11.0. The average Bonchev–Trinajstić information content (AvgIpc) is 2.81. The van der Waals surface area contributed by atoms with Gasteiger partial charge < -0.3 is 15.6 Å². The van der Waals surface area contributed by atoms with Gasteiger partial charge in [-0.1, -0.05) is 12.8 Å². The molecule has 1 aliphatic rings. The molecule has 0 amide bonds. The summed E-state index contributed by atoms with van der Waals surface area (Å²) >= 11 is 0. The number of carboxylic acid groups (broad SMARTS) is 1. The molecule has 0 saturated heterocycles. The largest absolute Gasteiger partial charge is 0.494 e. The van der Waals surface area contributed by atoms with Crippen LogP contribution >= 0.6 is 0 Å². The van der Waals surface area contributed by atoms with Crippen molar-refractivity contribution in [2.24, 2.45) is 0 Å². The van der Waals surface area contributed by atoms with Crippen LogP contribution in [0.5, 0.6) is 5.75 Å². The first kappa shape index (κ1) is 11.8. The smallest absolute Gasteiger partial charge is 0.335 e. The lowest BCUT2D eigenvalue weighted by molar-refractivity contribution is 0.0696. The van der Waals surface area contributed by atoms with E-state index in [1.807, 2.05) is 0 Å². The predicted octanol–water partition coefficient (Wildman–Crippen LogP) is 2.63. The van der Waals surface area contributed by atoms with E-state index >= 15 is 0 Å². The second-order valence-corrected chi connectivity index (χ2v) is 4.47. The van der Waals surface area contributed by atoms with Crippen LogP contribution in [0.4, 0.5) is 5.69 Å². The highest BCUT2D eigenvalue weighted by Gasteiger charge is 2.23. The summed E-state index contributed by atoms with van der Waals surface area (Å²) in [6.45, 7) is 0. The fourth-order valence-electron chi connectivity index (χ4n) is 2.57. The van der Waals surface area contributed by atoms with E-state index in [1.165, 1.54) is 18.9 Å². The van der Waals surface area contributed by atoms with Gasteiger partial charge in [-0.3, -0.25) is 0 Å². The maximum Gasteiger partial charge on any atom is 0.335 e. The standard InChI is InChI=1S/C13H17NO3/c1-17-12-10(8-4-2-3-5-8)6-9(13(15)16)7-11(12)14/h6-8H,2-5,14H2,1H3,(H,15,16). The van der Waals surface area contributed by atoms with Gasteiger partial charge in [-0.25, -0.2) is 4.79 Å². The number of aromatic carboxylic acids is 1. The van der Waals surface area contributed by atoms with E-state index in [1.54, 1.807) is 13.2 Å². The fourth-order valence-corrected chi connectivity index (χ4v) is 2.57. The summed E-state index contributed by atoms with van der Waals surface area (Å²) in [4.78, 5) is 11.0. The van der Waals surface area contributed by atoms with Crippen LogP contribution in [-0.2, 0) is 0 Å². The third kappa shape index (κ3) is 2.20. The normalized spacial score (nSPS) is 16.1. The van der Waals surface area contributed by atoms with Crippen molar-refractivity contribution >= 4 is 11.7 Å². The molecule has 0 radical (unpaired) electrons. The van der Waals surface area contributed by atoms with Crippen LogP contribution in [0.25, 0.3) is 0 Å². The van der Waals surface area contributed by atoms with Crippen LogP contribution in [0.15, 0.2) is 12.1 Å². The quantitative estimate of drug-likeness (QED) is 0.790. The zero-order valence-electron chi connectivity index (χ0n) is 9.90. The molecule has 0 heterocycles. The first-order valence-corrected chi connectivity index (χ1v) is 5.84. The number of rotatable bonds is 3. The van der Waals surface area contributed by atoms with E-state index in [-0.39, 0.29) is 5.56 Å². The van der Waals surface area contributed by atoms with Gasteiger partial charge in [0.2, 0.25) is 0 Å². The van der Waals surface area contributed by atoms with E-state index in [9.17, 15) is 4.79 Å². The SMILES string of the molecule is COc1c(N)cc(C(=O)O)cc1C1CCCC1. The molecule has 3 N–H and O–H groups in total. The number of carbonyl (C=O) groups is 1. The van der Waals surface area contributed by atoms with E-state index < -0.39 is 5.97 Å². The van der Waals surface area contributed by atoms with Gasteiger partial charge in [-0.05, 0) is 30.9 Å². The Morgan fingerprint density at radius 1 is 1.41 bits per heavy atom. The predicted molar refractivity (Wildman–Crippen MR) is 65.6 cm³/mol. The van der Waals surface area contributed by atoms with Gasteiger partial charge in [0.05, 0.1) is 18.4 Å². The Hall–Kier alpha value is -1.71. The molecule has 1 saturated carbocycles. The Bertz CT molecular complexity index is 437. The Balaban J connectivity index is 2.49. The van der Waals surface area contributed by atoms with Crippen molar-refractivity contribution in [3.05, 3.63) is 23.3 Å². The Morgan fingerprint density at radius 3 is 2.59 bits per heavy atom. The van der Waals surface area contributed by atoms with E-state index in [4.69, 9.17) is 15.6 Å². The Labute approximate surface area is 100 Å². The number of carboxylic acids is 1. The zero-order chi connectivity index (χ0) is 12.4. The molecule has 1 aliphatic carbocycles. The summed E-state index contributed by atoms with van der Waals surface area (Å²) < 4.78 is 5.31. The van der Waals surface area contributed by atoms with Crippen molar-refractivity contribution < 1.29 is 14.6 Å². The summed E-state index contributed by atoms with van der Waals surface area (Å²) in [5, 5.41) is 9.04. The molecule has 4 heteroatoms. The fraction of sp³-hybridized carbons (Fsp3) is 0.462. The highest BCUT2D eigenvalue weighted by molar-refractivity contribution is 5.90. The number of methoxy groups -OCH3 is 1. The molecule has 1 aromatic rings. The molecule has 0 unspecified atom stereocenters. The average molecular weight is 235 g/mol. The third-order valence-electron chi connectivity index (χ3n) is 3.39. The van der Waals surface area contributed by atoms with Gasteiger partial charge in [0, 0.05) is 5.56 Å². The number of ether oxygens (including phenoxy) is 1. The van der Waals surface area contributed by atoms with Crippen molar-refractivity contribution in [3.63, 3.8) is 0 Å². The lowest BCUT2D eigenvalue weighted by atomic mass is 9.94. The first-order valence-electron chi connectivity index (χ1n) is 5.84. The minimum atomic E-state index is -0.946. The molecule has 0 spiro atoms. The van der Waals surface area contributed by atoms with E-state index in [0.29, 0.717) is 17.4 Å². The molecule has 92 valence electrons. The highest BCUT2D eigenvalue weighted by Crippen LogP contribution is 2.41. The summed E-state index contributed by atoms with van der Waals surface area (Å²) in [5.41, 5.74) is 7.45. The van der Waals surface area contributed by atoms with Crippen LogP contribution < -0.4 is 10.5 Å². The lowest BCUT2D eigenvalue weighted by Crippen LogP contribution is -2.06. The number of nitrogens with two attached hydrogens (primary N) is 1. The maximum atomic E-state index is 11.0. The summed E-state index contributed by atoms with van der Waals surface area (Å²) in [6.07, 6.45) is 4.54. The number of nitrogen functional groups attached to an aromatic ring is 1. The monoisotopic (exact) mass is 235 g/mol. The molecule has 17 heavy (non-hydrogen) atoms. The van der Waals surface area contributed by atoms with Gasteiger partial charge in [-0.2, -0.15) is 0 Å². The molecule has 4 nitrogen and oxygen atoms in total. The number of hydrogen-bond acceptors (Lipinski definition) is 3. The van der Waals surface area contributed by atoms with Crippen molar-refractivity contribution in [2.75, 3.05) is 12.8 Å². The van der Waals surface area contributed by atoms with Crippen LogP contribution in [0.1, 0.15) is 47.5 Å². The van der Waals surface area contributed by atoms with Crippen LogP contribution in [-0.4, -0.2) is 18.2 Å². The van der Waals surface area contributed by atoms with Gasteiger partial charge in [0.25, 0.3) is 0 Å². The van der Waals surface area contributed by atoms with Crippen molar-refractivity contribution in [1.29, 1.82) is 0 Å². The third-order valence-corrected chi connectivity index (χ3v) is 3.39. The molecule has 2 rings (SSSR count). The Kier molecular flexibility index (Phi) is 3.22. The molecule has 1 fully saturated rings. The number of hydrogen-bond donors (Lipinski definition) is 2. The molecule has 0 atom stereocenters. The van der Waals surface area contributed by atoms with Gasteiger partial charge in [-0.15, -0.1) is 0 Å². The van der Waals surface area contributed by atoms with Crippen LogP contribution in [0, 0.1) is 0 Å². The summed E-state index contributed by atoms with van der Waals surface area (Å²) in [5.74, 6) is 0.0760. The molecular weight excluding hydrogens is 218 g/mol. The first-order chi connectivity index (χ1) is 8.13.